The van der Waals surface area contributed by atoms with Gasteiger partial charge in [-0.25, -0.2) is 9.59 Å². The fourth-order valence-corrected chi connectivity index (χ4v) is 1.60. The van der Waals surface area contributed by atoms with E-state index in [-0.39, 0.29) is 25.9 Å². The minimum atomic E-state index is -0.596. The summed E-state index contributed by atoms with van der Waals surface area (Å²) in [6.45, 7) is 9.57. The normalized spacial score (nSPS) is 24.4. The third-order valence-electron chi connectivity index (χ3n) is 2.99. The van der Waals surface area contributed by atoms with E-state index < -0.39 is 17.8 Å². The maximum atomic E-state index is 11.4. The number of alkyl carbamates (subject to hydrolysis) is 1. The van der Waals surface area contributed by atoms with Crippen molar-refractivity contribution in [3.63, 3.8) is 0 Å². The molecular weight excluding hydrogens is 278 g/mol. The summed E-state index contributed by atoms with van der Waals surface area (Å²) in [7, 11) is 0. The Hall–Kier alpha value is -1.60. The second kappa shape index (κ2) is 7.99. The van der Waals surface area contributed by atoms with Crippen LogP contribution in [0.15, 0.2) is 12.2 Å². The summed E-state index contributed by atoms with van der Waals surface area (Å²) in [4.78, 5) is 22.5. The molecule has 7 heteroatoms. The lowest BCUT2D eigenvalue weighted by atomic mass is 10.2. The Bertz CT molecular complexity index is 397. The largest absolute Gasteiger partial charge is 0.460 e. The molecule has 2 atom stereocenters. The number of rotatable bonds is 7. The van der Waals surface area contributed by atoms with Gasteiger partial charge in [-0.15, -0.1) is 0 Å². The Kier molecular flexibility index (Phi) is 6.64. The Morgan fingerprint density at radius 1 is 1.43 bits per heavy atom. The maximum absolute atomic E-state index is 11.4. The molecule has 0 bridgehead atoms. The van der Waals surface area contributed by atoms with Crippen molar-refractivity contribution in [2.24, 2.45) is 0 Å². The molecule has 0 aromatic carbocycles. The lowest BCUT2D eigenvalue weighted by Crippen LogP contribution is -2.32. The molecule has 1 rings (SSSR count). The topological polar surface area (TPSA) is 83.1 Å². The van der Waals surface area contributed by atoms with Crippen LogP contribution in [0, 0.1) is 0 Å². The van der Waals surface area contributed by atoms with Gasteiger partial charge in [0.15, 0.2) is 5.79 Å². The lowest BCUT2D eigenvalue weighted by molar-refractivity contribution is -0.158. The molecule has 1 amide bonds. The smallest absolute Gasteiger partial charge is 0.407 e. The number of hydrogen-bond donors (Lipinski definition) is 1. The summed E-state index contributed by atoms with van der Waals surface area (Å²) in [5.41, 5.74) is 0.315. The van der Waals surface area contributed by atoms with E-state index in [1.54, 1.807) is 6.92 Å². The van der Waals surface area contributed by atoms with E-state index in [0.717, 1.165) is 6.42 Å². The van der Waals surface area contributed by atoms with Crippen molar-refractivity contribution in [1.29, 1.82) is 0 Å². The molecule has 0 aliphatic carbocycles. The summed E-state index contributed by atoms with van der Waals surface area (Å²) < 4.78 is 20.9. The van der Waals surface area contributed by atoms with Gasteiger partial charge in [-0.2, -0.15) is 0 Å². The molecule has 21 heavy (non-hydrogen) atoms. The molecular formula is C14H23NO6. The molecule has 7 nitrogen and oxygen atoms in total. The number of ether oxygens (including phenoxy) is 4. The molecule has 1 N–H and O–H groups in total. The molecule has 1 heterocycles. The SMILES string of the molecule is C=C(C)C(=O)OCCNC(=O)OCC1COC(C)(CC)O1. The fraction of sp³-hybridized carbons (Fsp3) is 0.714. The van der Waals surface area contributed by atoms with Crippen LogP contribution in [0.3, 0.4) is 0 Å². The summed E-state index contributed by atoms with van der Waals surface area (Å²) in [5.74, 6) is -1.08. The third kappa shape index (κ3) is 6.14. The summed E-state index contributed by atoms with van der Waals surface area (Å²) >= 11 is 0. The van der Waals surface area contributed by atoms with Gasteiger partial charge in [0, 0.05) is 5.57 Å². The second-order valence-electron chi connectivity index (χ2n) is 4.98. The van der Waals surface area contributed by atoms with Crippen LogP contribution in [0.5, 0.6) is 0 Å². The van der Waals surface area contributed by atoms with Gasteiger partial charge < -0.3 is 24.3 Å². The van der Waals surface area contributed by atoms with Gasteiger partial charge in [-0.1, -0.05) is 13.5 Å². The molecule has 1 aliphatic heterocycles. The number of carbonyl (C=O) groups is 2. The van der Waals surface area contributed by atoms with Crippen LogP contribution in [0.2, 0.25) is 0 Å². The van der Waals surface area contributed by atoms with Gasteiger partial charge in [0.1, 0.15) is 19.3 Å². The van der Waals surface area contributed by atoms with Crippen LogP contribution >= 0.6 is 0 Å². The Morgan fingerprint density at radius 2 is 2.14 bits per heavy atom. The van der Waals surface area contributed by atoms with Gasteiger partial charge >= 0.3 is 12.1 Å². The monoisotopic (exact) mass is 301 g/mol. The van der Waals surface area contributed by atoms with E-state index in [4.69, 9.17) is 18.9 Å². The molecule has 0 saturated carbocycles. The molecule has 0 radical (unpaired) electrons. The zero-order chi connectivity index (χ0) is 15.9. The summed E-state index contributed by atoms with van der Waals surface area (Å²) in [6, 6.07) is 0. The van der Waals surface area contributed by atoms with Gasteiger partial charge in [0.25, 0.3) is 0 Å². The first-order valence-electron chi connectivity index (χ1n) is 6.91. The van der Waals surface area contributed by atoms with E-state index in [9.17, 15) is 9.59 Å². The third-order valence-corrected chi connectivity index (χ3v) is 2.99. The highest BCUT2D eigenvalue weighted by Gasteiger charge is 2.36. The van der Waals surface area contributed by atoms with Crippen LogP contribution in [-0.2, 0) is 23.7 Å². The molecule has 0 aromatic heterocycles. The maximum Gasteiger partial charge on any atom is 0.407 e. The number of hydrogen-bond acceptors (Lipinski definition) is 6. The van der Waals surface area contributed by atoms with Gasteiger partial charge in [-0.3, -0.25) is 0 Å². The minimum absolute atomic E-state index is 0.0672. The van der Waals surface area contributed by atoms with Crippen molar-refractivity contribution in [3.05, 3.63) is 12.2 Å². The van der Waals surface area contributed by atoms with Crippen molar-refractivity contribution >= 4 is 12.1 Å². The first-order chi connectivity index (χ1) is 9.86. The van der Waals surface area contributed by atoms with Crippen LogP contribution in [0.4, 0.5) is 4.79 Å². The highest BCUT2D eigenvalue weighted by molar-refractivity contribution is 5.86. The number of nitrogens with one attached hydrogen (secondary N) is 1. The molecule has 1 fully saturated rings. The van der Waals surface area contributed by atoms with Crippen molar-refractivity contribution in [2.75, 3.05) is 26.4 Å². The number of amides is 1. The first kappa shape index (κ1) is 17.5. The highest BCUT2D eigenvalue weighted by Crippen LogP contribution is 2.26. The number of esters is 1. The first-order valence-corrected chi connectivity index (χ1v) is 6.91. The molecule has 1 saturated heterocycles. The quantitative estimate of drug-likeness (QED) is 0.434. The van der Waals surface area contributed by atoms with E-state index in [1.807, 2.05) is 13.8 Å². The van der Waals surface area contributed by atoms with Crippen molar-refractivity contribution in [2.45, 2.75) is 39.1 Å². The van der Waals surface area contributed by atoms with Crippen molar-refractivity contribution in [1.82, 2.24) is 5.32 Å². The molecule has 0 spiro atoms. The van der Waals surface area contributed by atoms with Crippen LogP contribution < -0.4 is 5.32 Å². The zero-order valence-electron chi connectivity index (χ0n) is 12.8. The van der Waals surface area contributed by atoms with Crippen molar-refractivity contribution in [3.8, 4) is 0 Å². The van der Waals surface area contributed by atoms with E-state index in [2.05, 4.69) is 11.9 Å². The zero-order valence-corrected chi connectivity index (χ0v) is 12.8. The second-order valence-corrected chi connectivity index (χ2v) is 4.98. The molecule has 2 unspecified atom stereocenters. The van der Waals surface area contributed by atoms with Gasteiger partial charge in [0.05, 0.1) is 13.2 Å². The standard InChI is InChI=1S/C14H23NO6/c1-5-14(4)20-9-11(21-14)8-19-13(17)15-6-7-18-12(16)10(2)3/h11H,2,5-9H2,1,3-4H3,(H,15,17). The summed E-state index contributed by atoms with van der Waals surface area (Å²) in [6.07, 6.45) is -0.124. The van der Waals surface area contributed by atoms with Gasteiger partial charge in [-0.05, 0) is 20.3 Å². The minimum Gasteiger partial charge on any atom is -0.460 e. The van der Waals surface area contributed by atoms with Gasteiger partial charge in [0.2, 0.25) is 0 Å². The van der Waals surface area contributed by atoms with E-state index >= 15 is 0 Å². The van der Waals surface area contributed by atoms with Crippen LogP contribution in [0.1, 0.15) is 27.2 Å². The average molecular weight is 301 g/mol. The molecule has 120 valence electrons. The summed E-state index contributed by atoms with van der Waals surface area (Å²) in [5, 5.41) is 2.47. The Morgan fingerprint density at radius 3 is 2.71 bits per heavy atom. The average Bonchev–Trinajstić information content (AvgIpc) is 2.83. The predicted octanol–water partition coefficient (Wildman–Crippen LogP) is 1.37. The Labute approximate surface area is 124 Å². The van der Waals surface area contributed by atoms with Crippen molar-refractivity contribution < 1.29 is 28.5 Å². The number of carbonyl (C=O) groups excluding carboxylic acids is 2. The predicted molar refractivity (Wildman–Crippen MR) is 74.6 cm³/mol. The van der Waals surface area contributed by atoms with Crippen LogP contribution in [-0.4, -0.2) is 50.3 Å². The Balaban J connectivity index is 2.10. The highest BCUT2D eigenvalue weighted by atomic mass is 16.7. The van der Waals surface area contributed by atoms with E-state index in [0.29, 0.717) is 12.2 Å². The van der Waals surface area contributed by atoms with Crippen LogP contribution in [0.25, 0.3) is 0 Å². The molecule has 0 aromatic rings. The van der Waals surface area contributed by atoms with E-state index in [1.165, 1.54) is 0 Å². The fourth-order valence-electron chi connectivity index (χ4n) is 1.60. The molecule has 1 aliphatic rings. The lowest BCUT2D eigenvalue weighted by Gasteiger charge is -2.20.